The molecule has 1 aliphatic heterocycles. The Balaban J connectivity index is 1.77. The summed E-state index contributed by atoms with van der Waals surface area (Å²) < 4.78 is 5.41. The fraction of sp³-hybridized carbons (Fsp3) is 0.462. The number of carbonyl (C=O) groups is 1. The van der Waals surface area contributed by atoms with Gasteiger partial charge in [0.25, 0.3) is 0 Å². The van der Waals surface area contributed by atoms with Crippen molar-refractivity contribution in [1.82, 2.24) is 5.32 Å². The van der Waals surface area contributed by atoms with Gasteiger partial charge in [0.2, 0.25) is 5.91 Å². The molecular weight excluding hydrogens is 216 g/mol. The molecule has 1 aromatic rings. The Kier molecular flexibility index (Phi) is 3.98. The highest BCUT2D eigenvalue weighted by molar-refractivity contribution is 5.76. The molecule has 0 radical (unpaired) electrons. The van der Waals surface area contributed by atoms with Gasteiger partial charge in [-0.15, -0.1) is 0 Å². The number of hydrogen-bond acceptors (Lipinski definition) is 3. The largest absolute Gasteiger partial charge is 0.398 e. The van der Waals surface area contributed by atoms with E-state index in [1.807, 2.05) is 24.3 Å². The van der Waals surface area contributed by atoms with Gasteiger partial charge < -0.3 is 15.8 Å². The first-order chi connectivity index (χ1) is 8.25. The van der Waals surface area contributed by atoms with Crippen LogP contribution in [0.25, 0.3) is 0 Å². The summed E-state index contributed by atoms with van der Waals surface area (Å²) in [5.41, 5.74) is 7.46. The van der Waals surface area contributed by atoms with Crippen molar-refractivity contribution in [2.75, 3.05) is 12.3 Å². The summed E-state index contributed by atoms with van der Waals surface area (Å²) >= 11 is 0. The van der Waals surface area contributed by atoms with E-state index in [0.29, 0.717) is 18.7 Å². The number of nitrogens with two attached hydrogens (primary N) is 1. The van der Waals surface area contributed by atoms with Crippen LogP contribution in [0.2, 0.25) is 0 Å². The SMILES string of the molecule is Nc1ccccc1CNC(=O)CC1CCCO1. The molecule has 1 unspecified atom stereocenters. The second kappa shape index (κ2) is 5.68. The predicted octanol–water partition coefficient (Wildman–Crippen LogP) is 1.45. The molecule has 17 heavy (non-hydrogen) atoms. The fourth-order valence-electron chi connectivity index (χ4n) is 1.97. The fourth-order valence-corrected chi connectivity index (χ4v) is 1.97. The molecule has 1 aromatic carbocycles. The van der Waals surface area contributed by atoms with Crippen LogP contribution in [0.3, 0.4) is 0 Å². The first kappa shape index (κ1) is 11.9. The first-order valence-electron chi connectivity index (χ1n) is 5.97. The van der Waals surface area contributed by atoms with Gasteiger partial charge in [-0.25, -0.2) is 0 Å². The van der Waals surface area contributed by atoms with E-state index in [4.69, 9.17) is 10.5 Å². The molecule has 1 saturated heterocycles. The molecule has 2 rings (SSSR count). The molecule has 1 amide bonds. The molecule has 92 valence electrons. The summed E-state index contributed by atoms with van der Waals surface area (Å²) in [6.45, 7) is 1.27. The Bertz CT molecular complexity index is 387. The summed E-state index contributed by atoms with van der Waals surface area (Å²) in [6.07, 6.45) is 2.60. The Morgan fingerprint density at radius 2 is 2.29 bits per heavy atom. The number of ether oxygens (including phenoxy) is 1. The lowest BCUT2D eigenvalue weighted by Gasteiger charge is -2.10. The third kappa shape index (κ3) is 3.46. The van der Waals surface area contributed by atoms with Gasteiger partial charge in [-0.3, -0.25) is 4.79 Å². The maximum atomic E-state index is 11.7. The van der Waals surface area contributed by atoms with Crippen molar-refractivity contribution in [2.24, 2.45) is 0 Å². The van der Waals surface area contributed by atoms with Crippen molar-refractivity contribution in [1.29, 1.82) is 0 Å². The molecule has 0 saturated carbocycles. The molecule has 0 bridgehead atoms. The lowest BCUT2D eigenvalue weighted by atomic mass is 10.1. The van der Waals surface area contributed by atoms with E-state index in [1.165, 1.54) is 0 Å². The monoisotopic (exact) mass is 234 g/mol. The smallest absolute Gasteiger partial charge is 0.222 e. The molecule has 4 nitrogen and oxygen atoms in total. The van der Waals surface area contributed by atoms with Crippen LogP contribution in [0, 0.1) is 0 Å². The van der Waals surface area contributed by atoms with E-state index < -0.39 is 0 Å². The Morgan fingerprint density at radius 1 is 1.47 bits per heavy atom. The van der Waals surface area contributed by atoms with Gasteiger partial charge in [-0.05, 0) is 24.5 Å². The average Bonchev–Trinajstić information content (AvgIpc) is 2.81. The molecule has 1 atom stereocenters. The van der Waals surface area contributed by atoms with Crippen LogP contribution in [-0.2, 0) is 16.1 Å². The third-order valence-corrected chi connectivity index (χ3v) is 2.97. The van der Waals surface area contributed by atoms with Crippen LogP contribution in [0.1, 0.15) is 24.8 Å². The zero-order chi connectivity index (χ0) is 12.1. The molecule has 1 fully saturated rings. The molecular formula is C13H18N2O2. The molecule has 0 spiro atoms. The molecule has 1 heterocycles. The Labute approximate surface area is 101 Å². The van der Waals surface area contributed by atoms with Crippen molar-refractivity contribution >= 4 is 11.6 Å². The number of amides is 1. The summed E-state index contributed by atoms with van der Waals surface area (Å²) in [5.74, 6) is 0.0279. The second-order valence-corrected chi connectivity index (χ2v) is 4.31. The van der Waals surface area contributed by atoms with Gasteiger partial charge in [0.15, 0.2) is 0 Å². The number of anilines is 1. The van der Waals surface area contributed by atoms with Crippen LogP contribution in [0.15, 0.2) is 24.3 Å². The molecule has 3 N–H and O–H groups in total. The van der Waals surface area contributed by atoms with E-state index >= 15 is 0 Å². The van der Waals surface area contributed by atoms with Crippen molar-refractivity contribution in [3.05, 3.63) is 29.8 Å². The molecule has 4 heteroatoms. The normalized spacial score (nSPS) is 19.2. The zero-order valence-electron chi connectivity index (χ0n) is 9.82. The summed E-state index contributed by atoms with van der Waals surface area (Å²) in [6, 6.07) is 7.55. The number of hydrogen-bond donors (Lipinski definition) is 2. The minimum absolute atomic E-state index is 0.0279. The Morgan fingerprint density at radius 3 is 3.00 bits per heavy atom. The summed E-state index contributed by atoms with van der Waals surface area (Å²) in [4.78, 5) is 11.7. The maximum Gasteiger partial charge on any atom is 0.222 e. The summed E-state index contributed by atoms with van der Waals surface area (Å²) in [7, 11) is 0. The van der Waals surface area contributed by atoms with E-state index in [2.05, 4.69) is 5.32 Å². The standard InChI is InChI=1S/C13H18N2O2/c14-12-6-2-1-4-10(12)9-15-13(16)8-11-5-3-7-17-11/h1-2,4,6,11H,3,5,7-9,14H2,(H,15,16). The van der Waals surface area contributed by atoms with E-state index in [9.17, 15) is 4.79 Å². The number of nitrogens with one attached hydrogen (secondary N) is 1. The third-order valence-electron chi connectivity index (χ3n) is 2.97. The predicted molar refractivity (Wildman–Crippen MR) is 66.3 cm³/mol. The van der Waals surface area contributed by atoms with Gasteiger partial charge in [0, 0.05) is 18.8 Å². The van der Waals surface area contributed by atoms with Gasteiger partial charge in [-0.1, -0.05) is 18.2 Å². The lowest BCUT2D eigenvalue weighted by molar-refractivity contribution is -0.123. The minimum atomic E-state index is 0.0279. The maximum absolute atomic E-state index is 11.7. The van der Waals surface area contributed by atoms with E-state index in [-0.39, 0.29) is 12.0 Å². The van der Waals surface area contributed by atoms with Crippen LogP contribution < -0.4 is 11.1 Å². The lowest BCUT2D eigenvalue weighted by Crippen LogP contribution is -2.27. The Hall–Kier alpha value is -1.55. The first-order valence-corrected chi connectivity index (χ1v) is 5.97. The highest BCUT2D eigenvalue weighted by Gasteiger charge is 2.18. The summed E-state index contributed by atoms with van der Waals surface area (Å²) in [5, 5.41) is 2.87. The van der Waals surface area contributed by atoms with E-state index in [0.717, 1.165) is 25.0 Å². The highest BCUT2D eigenvalue weighted by atomic mass is 16.5. The number of para-hydroxylation sites is 1. The topological polar surface area (TPSA) is 64.3 Å². The van der Waals surface area contributed by atoms with Crippen LogP contribution >= 0.6 is 0 Å². The van der Waals surface area contributed by atoms with Crippen LogP contribution in [0.5, 0.6) is 0 Å². The minimum Gasteiger partial charge on any atom is -0.398 e. The molecule has 1 aliphatic rings. The van der Waals surface area contributed by atoms with Gasteiger partial charge >= 0.3 is 0 Å². The van der Waals surface area contributed by atoms with Crippen molar-refractivity contribution < 1.29 is 9.53 Å². The van der Waals surface area contributed by atoms with Crippen molar-refractivity contribution in [3.63, 3.8) is 0 Å². The van der Waals surface area contributed by atoms with Crippen molar-refractivity contribution in [2.45, 2.75) is 31.9 Å². The average molecular weight is 234 g/mol. The number of rotatable bonds is 4. The van der Waals surface area contributed by atoms with Crippen LogP contribution in [-0.4, -0.2) is 18.6 Å². The molecule has 0 aliphatic carbocycles. The number of nitrogen functional groups attached to an aromatic ring is 1. The highest BCUT2D eigenvalue weighted by Crippen LogP contribution is 2.15. The number of benzene rings is 1. The van der Waals surface area contributed by atoms with Gasteiger partial charge in [-0.2, -0.15) is 0 Å². The van der Waals surface area contributed by atoms with Crippen molar-refractivity contribution in [3.8, 4) is 0 Å². The zero-order valence-corrected chi connectivity index (χ0v) is 9.82. The van der Waals surface area contributed by atoms with E-state index in [1.54, 1.807) is 0 Å². The second-order valence-electron chi connectivity index (χ2n) is 4.31. The number of carbonyl (C=O) groups excluding carboxylic acids is 1. The van der Waals surface area contributed by atoms with Gasteiger partial charge in [0.05, 0.1) is 12.5 Å². The molecule has 0 aromatic heterocycles. The quantitative estimate of drug-likeness (QED) is 0.775. The van der Waals surface area contributed by atoms with Crippen LogP contribution in [0.4, 0.5) is 5.69 Å². The van der Waals surface area contributed by atoms with Gasteiger partial charge in [0.1, 0.15) is 0 Å².